The second kappa shape index (κ2) is 6.57. The molecule has 6 atom stereocenters. The summed E-state index contributed by atoms with van der Waals surface area (Å²) in [5, 5.41) is 2.65. The van der Waals surface area contributed by atoms with Crippen molar-refractivity contribution in [2.24, 2.45) is 23.7 Å². The van der Waals surface area contributed by atoms with Crippen LogP contribution in [0.5, 0.6) is 5.75 Å². The van der Waals surface area contributed by atoms with E-state index in [1.54, 1.807) is 24.3 Å². The number of halogens is 1. The van der Waals surface area contributed by atoms with E-state index in [4.69, 9.17) is 14.2 Å². The van der Waals surface area contributed by atoms with Gasteiger partial charge in [0.2, 0.25) is 0 Å². The first-order valence-corrected chi connectivity index (χ1v) is 9.36. The fraction of sp³-hybridized carbons (Fsp3) is 0.500. The van der Waals surface area contributed by atoms with Gasteiger partial charge in [0.05, 0.1) is 23.8 Å². The summed E-state index contributed by atoms with van der Waals surface area (Å²) in [7, 11) is 1.54. The zero-order valence-electron chi connectivity index (χ0n) is 14.0. The summed E-state index contributed by atoms with van der Waals surface area (Å²) >= 11 is 3.55. The SMILES string of the molecule is COc1cccc(NC(=O)COC(=O)[C@@H]2[C@H]3C[C@H]4[C@H](OC(=O)[C@H]42)[C@H]3Br)c1. The van der Waals surface area contributed by atoms with Gasteiger partial charge in [-0.25, -0.2) is 0 Å². The number of nitrogens with one attached hydrogen (secondary N) is 1. The lowest BCUT2D eigenvalue weighted by Crippen LogP contribution is -2.39. The summed E-state index contributed by atoms with van der Waals surface area (Å²) in [6, 6.07) is 6.88. The van der Waals surface area contributed by atoms with Crippen LogP contribution in [-0.2, 0) is 23.9 Å². The molecule has 1 aliphatic heterocycles. The Hall–Kier alpha value is -2.09. The van der Waals surface area contributed by atoms with Crippen molar-refractivity contribution < 1.29 is 28.6 Å². The predicted octanol–water partition coefficient (Wildman–Crippen LogP) is 1.75. The Morgan fingerprint density at radius 2 is 2.15 bits per heavy atom. The van der Waals surface area contributed by atoms with Gasteiger partial charge < -0.3 is 19.5 Å². The summed E-state index contributed by atoms with van der Waals surface area (Å²) < 4.78 is 15.7. The van der Waals surface area contributed by atoms with Gasteiger partial charge >= 0.3 is 11.9 Å². The molecule has 1 heterocycles. The molecule has 1 saturated heterocycles. The van der Waals surface area contributed by atoms with E-state index in [-0.39, 0.29) is 28.7 Å². The van der Waals surface area contributed by atoms with Crippen molar-refractivity contribution >= 4 is 39.5 Å². The molecule has 0 radical (unpaired) electrons. The molecular formula is C18H18BrNO6. The number of carbonyl (C=O) groups excluding carboxylic acids is 3. The summed E-state index contributed by atoms with van der Waals surface area (Å²) in [5.74, 6) is -1.57. The smallest absolute Gasteiger partial charge is 0.310 e. The van der Waals surface area contributed by atoms with Crippen molar-refractivity contribution in [1.29, 1.82) is 0 Å². The first kappa shape index (κ1) is 17.3. The fourth-order valence-corrected chi connectivity index (χ4v) is 5.47. The highest BCUT2D eigenvalue weighted by molar-refractivity contribution is 9.09. The molecule has 2 bridgehead atoms. The van der Waals surface area contributed by atoms with Crippen molar-refractivity contribution in [1.82, 2.24) is 0 Å². The number of methoxy groups -OCH3 is 1. The lowest BCUT2D eigenvalue weighted by molar-refractivity contribution is -0.157. The van der Waals surface area contributed by atoms with Crippen LogP contribution in [0.2, 0.25) is 0 Å². The van der Waals surface area contributed by atoms with Crippen LogP contribution in [0.4, 0.5) is 5.69 Å². The molecule has 1 aromatic rings. The molecule has 4 rings (SSSR count). The number of carbonyl (C=O) groups is 3. The van der Waals surface area contributed by atoms with Crippen LogP contribution in [0.3, 0.4) is 0 Å². The lowest BCUT2D eigenvalue weighted by atomic mass is 9.80. The Kier molecular flexibility index (Phi) is 4.38. The zero-order valence-corrected chi connectivity index (χ0v) is 15.6. The average Bonchev–Trinajstić information content (AvgIpc) is 3.24. The molecule has 0 aromatic heterocycles. The second-order valence-electron chi connectivity index (χ2n) is 6.85. The molecule has 1 aromatic carbocycles. The average molecular weight is 424 g/mol. The van der Waals surface area contributed by atoms with Crippen LogP contribution in [-0.4, -0.2) is 42.5 Å². The number of hydrogen-bond donors (Lipinski definition) is 1. The maximum Gasteiger partial charge on any atom is 0.310 e. The molecule has 1 N–H and O–H groups in total. The number of benzene rings is 1. The molecule has 2 saturated carbocycles. The molecule has 2 aliphatic carbocycles. The number of rotatable bonds is 5. The van der Waals surface area contributed by atoms with Crippen LogP contribution in [0.1, 0.15) is 6.42 Å². The van der Waals surface area contributed by atoms with E-state index in [0.29, 0.717) is 11.4 Å². The summed E-state index contributed by atoms with van der Waals surface area (Å²) in [6.07, 6.45) is 0.630. The largest absolute Gasteiger partial charge is 0.497 e. The quantitative estimate of drug-likeness (QED) is 0.572. The highest BCUT2D eigenvalue weighted by Crippen LogP contribution is 2.60. The number of amides is 1. The van der Waals surface area contributed by atoms with Crippen molar-refractivity contribution in [3.8, 4) is 5.75 Å². The van der Waals surface area contributed by atoms with E-state index >= 15 is 0 Å². The Morgan fingerprint density at radius 3 is 2.92 bits per heavy atom. The van der Waals surface area contributed by atoms with Gasteiger partial charge in [0.25, 0.3) is 5.91 Å². The highest BCUT2D eigenvalue weighted by atomic mass is 79.9. The zero-order chi connectivity index (χ0) is 18.4. The van der Waals surface area contributed by atoms with Crippen LogP contribution < -0.4 is 10.1 Å². The maximum atomic E-state index is 12.5. The molecule has 3 fully saturated rings. The Morgan fingerprint density at radius 1 is 1.35 bits per heavy atom. The van der Waals surface area contributed by atoms with E-state index in [2.05, 4.69) is 21.2 Å². The topological polar surface area (TPSA) is 90.9 Å². The number of hydrogen-bond acceptors (Lipinski definition) is 6. The fourth-order valence-electron chi connectivity index (χ4n) is 4.43. The molecule has 26 heavy (non-hydrogen) atoms. The van der Waals surface area contributed by atoms with Gasteiger partial charge in [0.1, 0.15) is 11.9 Å². The van der Waals surface area contributed by atoms with Crippen molar-refractivity contribution in [3.63, 3.8) is 0 Å². The Labute approximate surface area is 158 Å². The summed E-state index contributed by atoms with van der Waals surface area (Å²) in [5.41, 5.74) is 0.549. The molecule has 3 aliphatic rings. The molecule has 0 unspecified atom stereocenters. The van der Waals surface area contributed by atoms with E-state index < -0.39 is 30.3 Å². The highest BCUT2D eigenvalue weighted by Gasteiger charge is 2.68. The number of ether oxygens (including phenoxy) is 3. The van der Waals surface area contributed by atoms with Crippen LogP contribution in [0.25, 0.3) is 0 Å². The first-order valence-electron chi connectivity index (χ1n) is 8.44. The molecule has 1 amide bonds. The molecule has 0 spiro atoms. The van der Waals surface area contributed by atoms with Crippen molar-refractivity contribution in [2.45, 2.75) is 17.4 Å². The van der Waals surface area contributed by atoms with E-state index in [0.717, 1.165) is 6.42 Å². The third-order valence-corrected chi connectivity index (χ3v) is 6.69. The van der Waals surface area contributed by atoms with E-state index in [1.807, 2.05) is 0 Å². The number of anilines is 1. The molecular weight excluding hydrogens is 406 g/mol. The predicted molar refractivity (Wildman–Crippen MR) is 93.8 cm³/mol. The number of alkyl halides is 1. The van der Waals surface area contributed by atoms with Crippen molar-refractivity contribution in [2.75, 3.05) is 19.0 Å². The first-order chi connectivity index (χ1) is 12.5. The van der Waals surface area contributed by atoms with Gasteiger partial charge in [-0.15, -0.1) is 0 Å². The minimum Gasteiger partial charge on any atom is -0.497 e. The van der Waals surface area contributed by atoms with Crippen LogP contribution in [0.15, 0.2) is 24.3 Å². The minimum atomic E-state index is -0.541. The summed E-state index contributed by atoms with van der Waals surface area (Å²) in [6.45, 7) is -0.401. The van der Waals surface area contributed by atoms with E-state index in [1.165, 1.54) is 7.11 Å². The van der Waals surface area contributed by atoms with Gasteiger partial charge in [-0.05, 0) is 24.5 Å². The van der Waals surface area contributed by atoms with Gasteiger partial charge in [0.15, 0.2) is 6.61 Å². The standard InChI is InChI=1S/C18H18BrNO6/c1-24-9-4-2-3-8(5-9)20-12(21)7-25-17(22)13-10-6-11-14(13)18(23)26-16(11)15(10)19/h2-5,10-11,13-16H,6-7H2,1H3,(H,20,21)/t10-,11-,13-,14-,15+,16+/m1/s1. The number of fused-ring (bicyclic) bond motifs is 1. The van der Waals surface area contributed by atoms with Gasteiger partial charge in [-0.1, -0.05) is 22.0 Å². The summed E-state index contributed by atoms with van der Waals surface area (Å²) in [4.78, 5) is 36.6. The minimum absolute atomic E-state index is 0.00963. The van der Waals surface area contributed by atoms with Gasteiger partial charge in [0, 0.05) is 17.7 Å². The third kappa shape index (κ3) is 2.76. The van der Waals surface area contributed by atoms with Crippen LogP contribution in [0, 0.1) is 23.7 Å². The maximum absolute atomic E-state index is 12.5. The second-order valence-corrected chi connectivity index (χ2v) is 7.91. The van der Waals surface area contributed by atoms with Gasteiger partial charge in [-0.2, -0.15) is 0 Å². The Balaban J connectivity index is 1.35. The normalized spacial score (nSPS) is 33.7. The van der Waals surface area contributed by atoms with Crippen molar-refractivity contribution in [3.05, 3.63) is 24.3 Å². The molecule has 7 nitrogen and oxygen atoms in total. The van der Waals surface area contributed by atoms with Crippen LogP contribution >= 0.6 is 15.9 Å². The van der Waals surface area contributed by atoms with E-state index in [9.17, 15) is 14.4 Å². The Bertz CT molecular complexity index is 768. The monoisotopic (exact) mass is 423 g/mol. The number of esters is 2. The molecule has 138 valence electrons. The lowest BCUT2D eigenvalue weighted by Gasteiger charge is -2.26. The van der Waals surface area contributed by atoms with Gasteiger partial charge in [-0.3, -0.25) is 14.4 Å². The molecule has 8 heteroatoms. The third-order valence-electron chi connectivity index (χ3n) is 5.49.